The minimum Gasteiger partial charge on any atom is -0.462 e. The Bertz CT molecular complexity index is 2070. The summed E-state index contributed by atoms with van der Waals surface area (Å²) in [6.07, 6.45) is 78.0. The first-order valence-corrected chi connectivity index (χ1v) is 49.6. The number of carbonyl (C=O) groups is 4. The van der Waals surface area contributed by atoms with Gasteiger partial charge in [0.05, 0.1) is 26.4 Å². The van der Waals surface area contributed by atoms with Gasteiger partial charge in [0.25, 0.3) is 0 Å². The monoisotopic (exact) mass is 1590 g/mol. The minimum atomic E-state index is -4.97. The Labute approximate surface area is 670 Å². The molecule has 648 valence electrons. The number of aliphatic hydroxyl groups is 1. The highest BCUT2D eigenvalue weighted by atomic mass is 31.2. The van der Waals surface area contributed by atoms with Crippen molar-refractivity contribution >= 4 is 39.5 Å². The fraction of sp³-hybridized carbons (Fsp3) is 0.956. The Hall–Kier alpha value is -1.94. The Morgan fingerprint density at radius 1 is 0.248 bits per heavy atom. The number of hydrogen-bond acceptors (Lipinski definition) is 15. The van der Waals surface area contributed by atoms with Crippen molar-refractivity contribution in [2.75, 3.05) is 39.6 Å². The zero-order valence-corrected chi connectivity index (χ0v) is 73.5. The van der Waals surface area contributed by atoms with Crippen molar-refractivity contribution in [2.45, 2.75) is 509 Å². The van der Waals surface area contributed by atoms with Gasteiger partial charge in [-0.15, -0.1) is 0 Å². The van der Waals surface area contributed by atoms with Crippen LogP contribution in [-0.4, -0.2) is 96.7 Å². The topological polar surface area (TPSA) is 237 Å². The smallest absolute Gasteiger partial charge is 0.462 e. The third-order valence-electron chi connectivity index (χ3n) is 21.3. The largest absolute Gasteiger partial charge is 0.472 e. The fourth-order valence-corrected chi connectivity index (χ4v) is 15.8. The first-order valence-electron chi connectivity index (χ1n) is 46.6. The molecule has 0 rings (SSSR count). The zero-order chi connectivity index (χ0) is 79.7. The number of esters is 4. The summed E-state index contributed by atoms with van der Waals surface area (Å²) < 4.78 is 69.0. The van der Waals surface area contributed by atoms with E-state index < -0.39 is 97.5 Å². The molecule has 0 spiro atoms. The zero-order valence-electron chi connectivity index (χ0n) is 71.7. The third-order valence-corrected chi connectivity index (χ3v) is 23.2. The predicted molar refractivity (Wildman–Crippen MR) is 451 cm³/mol. The van der Waals surface area contributed by atoms with Crippen molar-refractivity contribution in [3.63, 3.8) is 0 Å². The molecule has 0 saturated heterocycles. The van der Waals surface area contributed by atoms with Crippen molar-refractivity contribution in [1.29, 1.82) is 0 Å². The third kappa shape index (κ3) is 83.8. The number of phosphoric acid groups is 2. The van der Waals surface area contributed by atoms with Crippen molar-refractivity contribution in [2.24, 2.45) is 5.92 Å². The van der Waals surface area contributed by atoms with Crippen molar-refractivity contribution < 1.29 is 80.2 Å². The molecule has 5 atom stereocenters. The van der Waals surface area contributed by atoms with Crippen LogP contribution in [0.25, 0.3) is 0 Å². The molecule has 0 aromatic carbocycles. The minimum absolute atomic E-state index is 0.107. The SMILES string of the molecule is CCCCCCCCCCCCCCCCCCCCCCCCC(=O)O[C@H](COC(=O)CCCCCCCCCCCCCCCCCCCCCCC)COP(=O)(O)OC[C@@H](O)COP(=O)(O)OC[C@@H](COC(=O)CCCCCCCCCCCCCCC)OC(=O)CCCCCCCCCCCCC(C)C. The van der Waals surface area contributed by atoms with E-state index in [0.717, 1.165) is 95.8 Å². The highest BCUT2D eigenvalue weighted by Gasteiger charge is 2.31. The van der Waals surface area contributed by atoms with Crippen molar-refractivity contribution in [3.8, 4) is 0 Å². The summed E-state index contributed by atoms with van der Waals surface area (Å²) in [7, 11) is -9.93. The van der Waals surface area contributed by atoms with E-state index in [1.54, 1.807) is 0 Å². The molecule has 0 aliphatic carbocycles. The van der Waals surface area contributed by atoms with E-state index in [-0.39, 0.29) is 25.7 Å². The molecule has 0 aliphatic heterocycles. The van der Waals surface area contributed by atoms with Gasteiger partial charge in [-0.2, -0.15) is 0 Å². The van der Waals surface area contributed by atoms with Gasteiger partial charge in [-0.25, -0.2) is 9.13 Å². The van der Waals surface area contributed by atoms with Gasteiger partial charge in [-0.05, 0) is 31.6 Å². The molecule has 109 heavy (non-hydrogen) atoms. The van der Waals surface area contributed by atoms with Crippen LogP contribution < -0.4 is 0 Å². The van der Waals surface area contributed by atoms with Crippen LogP contribution in [-0.2, 0) is 65.4 Å². The molecular formula is C90H176O17P2. The molecular weight excluding hydrogens is 1410 g/mol. The molecule has 19 heteroatoms. The van der Waals surface area contributed by atoms with Gasteiger partial charge < -0.3 is 33.8 Å². The lowest BCUT2D eigenvalue weighted by Gasteiger charge is -2.21. The highest BCUT2D eigenvalue weighted by molar-refractivity contribution is 7.47. The molecule has 0 saturated carbocycles. The summed E-state index contributed by atoms with van der Waals surface area (Å²) in [5.74, 6) is -1.34. The maximum atomic E-state index is 13.2. The number of carbonyl (C=O) groups excluding carboxylic acids is 4. The number of phosphoric ester groups is 2. The highest BCUT2D eigenvalue weighted by Crippen LogP contribution is 2.45. The van der Waals surface area contributed by atoms with Gasteiger partial charge in [0.1, 0.15) is 19.3 Å². The molecule has 0 bridgehead atoms. The molecule has 2 unspecified atom stereocenters. The molecule has 0 aromatic heterocycles. The average Bonchev–Trinajstić information content (AvgIpc) is 0.898. The van der Waals surface area contributed by atoms with Crippen LogP contribution in [0.2, 0.25) is 0 Å². The quantitative estimate of drug-likeness (QED) is 0.0222. The summed E-state index contributed by atoms with van der Waals surface area (Å²) in [6.45, 7) is 7.37. The van der Waals surface area contributed by atoms with Gasteiger partial charge in [0, 0.05) is 25.7 Å². The van der Waals surface area contributed by atoms with Gasteiger partial charge in [0.2, 0.25) is 0 Å². The van der Waals surface area contributed by atoms with E-state index in [0.29, 0.717) is 25.7 Å². The van der Waals surface area contributed by atoms with Crippen LogP contribution in [0.4, 0.5) is 0 Å². The molecule has 0 amide bonds. The van der Waals surface area contributed by atoms with E-state index in [4.69, 9.17) is 37.0 Å². The fourth-order valence-electron chi connectivity index (χ4n) is 14.2. The van der Waals surface area contributed by atoms with Crippen molar-refractivity contribution in [1.82, 2.24) is 0 Å². The maximum absolute atomic E-state index is 13.2. The van der Waals surface area contributed by atoms with Crippen LogP contribution in [0.1, 0.15) is 490 Å². The molecule has 3 N–H and O–H groups in total. The Kier molecular flexibility index (Phi) is 81.1. The molecule has 0 radical (unpaired) electrons. The first kappa shape index (κ1) is 107. The Morgan fingerprint density at radius 2 is 0.422 bits per heavy atom. The lowest BCUT2D eigenvalue weighted by Crippen LogP contribution is -2.30. The lowest BCUT2D eigenvalue weighted by atomic mass is 10.0. The molecule has 17 nitrogen and oxygen atoms in total. The molecule has 0 heterocycles. The second kappa shape index (κ2) is 82.6. The van der Waals surface area contributed by atoms with Crippen molar-refractivity contribution in [3.05, 3.63) is 0 Å². The molecule has 0 aromatic rings. The maximum Gasteiger partial charge on any atom is 0.472 e. The predicted octanol–water partition coefficient (Wildman–Crippen LogP) is 27.9. The summed E-state index contributed by atoms with van der Waals surface area (Å²) in [5, 5.41) is 10.7. The summed E-state index contributed by atoms with van der Waals surface area (Å²) in [4.78, 5) is 73.4. The van der Waals surface area contributed by atoms with Crippen LogP contribution >= 0.6 is 15.6 Å². The number of hydrogen-bond donors (Lipinski definition) is 3. The van der Waals surface area contributed by atoms with E-state index in [1.807, 2.05) is 0 Å². The van der Waals surface area contributed by atoms with Crippen LogP contribution in [0.15, 0.2) is 0 Å². The second-order valence-electron chi connectivity index (χ2n) is 32.8. The summed E-state index contributed by atoms with van der Waals surface area (Å²) >= 11 is 0. The normalized spacial score (nSPS) is 13.7. The lowest BCUT2D eigenvalue weighted by molar-refractivity contribution is -0.161. The Balaban J connectivity index is 5.22. The van der Waals surface area contributed by atoms with E-state index >= 15 is 0 Å². The Morgan fingerprint density at radius 3 is 0.624 bits per heavy atom. The van der Waals surface area contributed by atoms with Gasteiger partial charge in [-0.3, -0.25) is 37.3 Å². The van der Waals surface area contributed by atoms with Crippen LogP contribution in [0.5, 0.6) is 0 Å². The number of unbranched alkanes of at least 4 members (excludes halogenated alkanes) is 62. The summed E-state index contributed by atoms with van der Waals surface area (Å²) in [5.41, 5.74) is 0. The average molecular weight is 1590 g/mol. The summed E-state index contributed by atoms with van der Waals surface area (Å²) in [6, 6.07) is 0. The number of rotatable bonds is 90. The standard InChI is InChI=1S/C90H176O17P2/c1-6-9-12-15-18-21-24-27-29-31-33-35-37-39-41-43-46-49-55-60-65-70-75-89(94)106-85(79-101-88(93)74-69-64-59-54-48-45-42-40-38-36-34-32-30-28-25-22-19-16-13-10-7-2)81-104-108(96,97)102-77-84(91)78-103-109(98,99)105-82-86(107-90(95)76-71-66-61-56-51-50-52-57-62-67-72-83(4)5)80-100-87(92)73-68-63-58-53-47-44-26-23-20-17-14-11-8-3/h83-86,91H,6-82H2,1-5H3,(H,96,97)(H,98,99)/t84-,85-,86-/m1/s1. The van der Waals surface area contributed by atoms with E-state index in [1.165, 1.54) is 315 Å². The van der Waals surface area contributed by atoms with Crippen LogP contribution in [0.3, 0.4) is 0 Å². The first-order chi connectivity index (χ1) is 53.0. The molecule has 0 fully saturated rings. The second-order valence-corrected chi connectivity index (χ2v) is 35.7. The van der Waals surface area contributed by atoms with Crippen LogP contribution in [0, 0.1) is 5.92 Å². The number of ether oxygens (including phenoxy) is 4. The van der Waals surface area contributed by atoms with E-state index in [2.05, 4.69) is 34.6 Å². The van der Waals surface area contributed by atoms with Gasteiger partial charge in [0.15, 0.2) is 12.2 Å². The molecule has 0 aliphatic rings. The number of aliphatic hydroxyl groups excluding tert-OH is 1. The van der Waals surface area contributed by atoms with Gasteiger partial charge in [-0.1, -0.05) is 439 Å². The van der Waals surface area contributed by atoms with Gasteiger partial charge >= 0.3 is 39.5 Å². The van der Waals surface area contributed by atoms with E-state index in [9.17, 15) is 43.2 Å².